The molecule has 4 aromatic rings. The van der Waals surface area contributed by atoms with E-state index in [1.807, 2.05) is 12.1 Å². The molecule has 13 heteroatoms. The van der Waals surface area contributed by atoms with Crippen LogP contribution < -0.4 is 20.9 Å². The molecule has 1 aliphatic heterocycles. The fourth-order valence-electron chi connectivity index (χ4n) is 6.08. The maximum atomic E-state index is 15.8. The summed E-state index contributed by atoms with van der Waals surface area (Å²) in [6.45, 7) is 1.36. The van der Waals surface area contributed by atoms with E-state index in [9.17, 15) is 22.8 Å². The number of nitrogens with zero attached hydrogens (tertiary/aromatic N) is 1. The number of aromatic nitrogens is 1. The molecule has 248 valence electrons. The van der Waals surface area contributed by atoms with Gasteiger partial charge in [0.2, 0.25) is 0 Å². The number of nitrogens with one attached hydrogen (secondary N) is 2. The SMILES string of the molecule is COc1cccc(-c2c(C)c(Cc3c(F)cccc3C(F)(F)F)c3n(c2=O)[C@H](C(NCCOCC(=O)O)c2ccccc2)CN3)c1F. The quantitative estimate of drug-likeness (QED) is 0.125. The van der Waals surface area contributed by atoms with Gasteiger partial charge in [-0.2, -0.15) is 13.2 Å². The predicted octanol–water partition coefficient (Wildman–Crippen LogP) is 6.12. The normalized spacial score (nSPS) is 14.8. The van der Waals surface area contributed by atoms with Gasteiger partial charge in [0.05, 0.1) is 36.9 Å². The zero-order chi connectivity index (χ0) is 33.9. The Hall–Kier alpha value is -4.75. The van der Waals surface area contributed by atoms with E-state index in [4.69, 9.17) is 14.6 Å². The Morgan fingerprint density at radius 2 is 1.79 bits per heavy atom. The number of carbonyl (C=O) groups is 1. The number of benzene rings is 3. The van der Waals surface area contributed by atoms with Crippen LogP contribution in [0.3, 0.4) is 0 Å². The maximum absolute atomic E-state index is 15.8. The Kier molecular flexibility index (Phi) is 9.96. The van der Waals surface area contributed by atoms with E-state index in [2.05, 4.69) is 10.6 Å². The van der Waals surface area contributed by atoms with E-state index in [-0.39, 0.29) is 53.5 Å². The third kappa shape index (κ3) is 6.86. The van der Waals surface area contributed by atoms with E-state index in [1.165, 1.54) is 36.8 Å². The van der Waals surface area contributed by atoms with Crippen molar-refractivity contribution in [2.75, 3.05) is 38.7 Å². The fourth-order valence-corrected chi connectivity index (χ4v) is 6.08. The number of carboxylic acid groups (broad SMARTS) is 1. The molecule has 0 fully saturated rings. The molecule has 0 saturated carbocycles. The number of fused-ring (bicyclic) bond motifs is 1. The number of halogens is 5. The minimum Gasteiger partial charge on any atom is -0.494 e. The molecule has 2 heterocycles. The lowest BCUT2D eigenvalue weighted by molar-refractivity contribution is -0.142. The molecule has 3 N–H and O–H groups in total. The van der Waals surface area contributed by atoms with Crippen molar-refractivity contribution in [3.05, 3.63) is 117 Å². The molecular weight excluding hydrogens is 625 g/mol. The standard InChI is InChI=1S/C34H32F5N3O5/c1-19-22(16-23-24(34(37,38)39)11-7-12-25(23)35)32-41-17-26(31(20-8-4-3-5-9-20)40-14-15-47-18-28(43)44)42(32)33(45)29(19)21-10-6-13-27(46-2)30(21)36/h3-13,26,31,40-41H,14-18H2,1-2H3,(H,43,44)/t26-,31?/m0/s1. The second-order valence-electron chi connectivity index (χ2n) is 11.0. The summed E-state index contributed by atoms with van der Waals surface area (Å²) < 4.78 is 84.8. The van der Waals surface area contributed by atoms with Crippen molar-refractivity contribution in [3.63, 3.8) is 0 Å². The van der Waals surface area contributed by atoms with Gasteiger partial charge in [-0.1, -0.05) is 48.5 Å². The number of rotatable bonds is 12. The van der Waals surface area contributed by atoms with Crippen LogP contribution in [-0.2, 0) is 22.1 Å². The molecule has 0 spiro atoms. The van der Waals surface area contributed by atoms with Gasteiger partial charge in [0.1, 0.15) is 18.2 Å². The third-order valence-electron chi connectivity index (χ3n) is 8.21. The minimum absolute atomic E-state index is 0.0322. The van der Waals surface area contributed by atoms with Crippen LogP contribution in [0.2, 0.25) is 0 Å². The zero-order valence-corrected chi connectivity index (χ0v) is 25.5. The van der Waals surface area contributed by atoms with Crippen LogP contribution in [0.5, 0.6) is 5.75 Å². The average Bonchev–Trinajstić information content (AvgIpc) is 3.47. The lowest BCUT2D eigenvalue weighted by Gasteiger charge is -2.28. The zero-order valence-electron chi connectivity index (χ0n) is 25.5. The summed E-state index contributed by atoms with van der Waals surface area (Å²) in [6.07, 6.45) is -5.41. The minimum atomic E-state index is -4.86. The van der Waals surface area contributed by atoms with E-state index >= 15 is 8.78 Å². The molecule has 2 atom stereocenters. The topological polar surface area (TPSA) is 102 Å². The van der Waals surface area contributed by atoms with Gasteiger partial charge < -0.3 is 25.2 Å². The first kappa shape index (κ1) is 33.6. The van der Waals surface area contributed by atoms with Gasteiger partial charge in [-0.3, -0.25) is 9.36 Å². The van der Waals surface area contributed by atoms with Gasteiger partial charge in [-0.25, -0.2) is 13.6 Å². The van der Waals surface area contributed by atoms with E-state index in [1.54, 1.807) is 18.2 Å². The molecule has 8 nitrogen and oxygen atoms in total. The Balaban J connectivity index is 1.71. The number of alkyl halides is 3. The molecule has 0 aliphatic carbocycles. The Morgan fingerprint density at radius 3 is 2.47 bits per heavy atom. The van der Waals surface area contributed by atoms with Crippen LogP contribution in [-0.4, -0.2) is 49.1 Å². The second kappa shape index (κ2) is 13.9. The van der Waals surface area contributed by atoms with Gasteiger partial charge in [-0.05, 0) is 36.2 Å². The van der Waals surface area contributed by atoms with Crippen molar-refractivity contribution in [1.82, 2.24) is 9.88 Å². The lowest BCUT2D eigenvalue weighted by atomic mass is 9.91. The van der Waals surface area contributed by atoms with Crippen LogP contribution in [0.15, 0.2) is 71.5 Å². The second-order valence-corrected chi connectivity index (χ2v) is 11.0. The summed E-state index contributed by atoms with van der Waals surface area (Å²) in [7, 11) is 1.27. The largest absolute Gasteiger partial charge is 0.494 e. The van der Waals surface area contributed by atoms with Gasteiger partial charge in [0.25, 0.3) is 5.56 Å². The van der Waals surface area contributed by atoms with Crippen molar-refractivity contribution in [3.8, 4) is 16.9 Å². The van der Waals surface area contributed by atoms with E-state index in [0.717, 1.165) is 23.8 Å². The smallest absolute Gasteiger partial charge is 0.416 e. The highest BCUT2D eigenvalue weighted by Crippen LogP contribution is 2.41. The monoisotopic (exact) mass is 657 g/mol. The van der Waals surface area contributed by atoms with Gasteiger partial charge in [0.15, 0.2) is 11.6 Å². The van der Waals surface area contributed by atoms with Gasteiger partial charge >= 0.3 is 12.1 Å². The molecular formula is C34H32F5N3O5. The average molecular weight is 658 g/mol. The van der Waals surface area contributed by atoms with Crippen LogP contribution in [0.25, 0.3) is 11.1 Å². The highest BCUT2D eigenvalue weighted by molar-refractivity contribution is 5.74. The van der Waals surface area contributed by atoms with E-state index in [0.29, 0.717) is 0 Å². The number of pyridine rings is 1. The number of anilines is 1. The molecule has 0 saturated heterocycles. The summed E-state index contributed by atoms with van der Waals surface area (Å²) in [6, 6.07) is 14.7. The Labute approximate surface area is 266 Å². The number of methoxy groups -OCH3 is 1. The van der Waals surface area contributed by atoms with Crippen molar-refractivity contribution in [2.45, 2.75) is 31.6 Å². The molecule has 0 amide bonds. The molecule has 5 rings (SSSR count). The van der Waals surface area contributed by atoms with Gasteiger partial charge in [-0.15, -0.1) is 0 Å². The number of hydrogen-bond acceptors (Lipinski definition) is 6. The molecule has 1 unspecified atom stereocenters. The first-order valence-corrected chi connectivity index (χ1v) is 14.7. The number of hydrogen-bond donors (Lipinski definition) is 3. The van der Waals surface area contributed by atoms with Crippen LogP contribution in [0.1, 0.15) is 39.9 Å². The van der Waals surface area contributed by atoms with Crippen molar-refractivity contribution in [2.24, 2.45) is 0 Å². The summed E-state index contributed by atoms with van der Waals surface area (Å²) in [5.74, 6) is -2.99. The molecule has 1 aromatic heterocycles. The lowest BCUT2D eigenvalue weighted by Crippen LogP contribution is -2.37. The molecule has 0 bridgehead atoms. The molecule has 47 heavy (non-hydrogen) atoms. The first-order chi connectivity index (χ1) is 22.4. The Morgan fingerprint density at radius 1 is 1.06 bits per heavy atom. The Bertz CT molecular complexity index is 1830. The number of ether oxygens (including phenoxy) is 2. The van der Waals surface area contributed by atoms with Crippen LogP contribution in [0, 0.1) is 18.6 Å². The summed E-state index contributed by atoms with van der Waals surface area (Å²) >= 11 is 0. The molecule has 3 aromatic carbocycles. The highest BCUT2D eigenvalue weighted by atomic mass is 19.4. The molecule has 1 aliphatic rings. The van der Waals surface area contributed by atoms with Crippen molar-refractivity contribution < 1.29 is 41.3 Å². The van der Waals surface area contributed by atoms with Gasteiger partial charge in [0, 0.05) is 36.2 Å². The van der Waals surface area contributed by atoms with Crippen molar-refractivity contribution >= 4 is 11.8 Å². The van der Waals surface area contributed by atoms with Crippen molar-refractivity contribution in [1.29, 1.82) is 0 Å². The first-order valence-electron chi connectivity index (χ1n) is 14.7. The van der Waals surface area contributed by atoms with Crippen LogP contribution in [0.4, 0.5) is 27.8 Å². The number of carboxylic acids is 1. The fraction of sp³-hybridized carbons (Fsp3) is 0.294. The maximum Gasteiger partial charge on any atom is 0.416 e. The summed E-state index contributed by atoms with van der Waals surface area (Å²) in [4.78, 5) is 25.4. The number of aliphatic carboxylic acids is 1. The predicted molar refractivity (Wildman–Crippen MR) is 165 cm³/mol. The molecule has 0 radical (unpaired) electrons. The van der Waals surface area contributed by atoms with Crippen LogP contribution >= 0.6 is 0 Å². The summed E-state index contributed by atoms with van der Waals surface area (Å²) in [5, 5.41) is 15.4. The van der Waals surface area contributed by atoms with E-state index < -0.39 is 65.6 Å². The third-order valence-corrected chi connectivity index (χ3v) is 8.21. The summed E-state index contributed by atoms with van der Waals surface area (Å²) in [5.41, 5.74) is -1.48. The highest BCUT2D eigenvalue weighted by Gasteiger charge is 2.38.